The van der Waals surface area contributed by atoms with Gasteiger partial charge >= 0.3 is 0 Å². The van der Waals surface area contributed by atoms with E-state index in [2.05, 4.69) is 9.97 Å². The lowest BCUT2D eigenvalue weighted by Gasteiger charge is -2.18. The van der Waals surface area contributed by atoms with Gasteiger partial charge in [0.25, 0.3) is 0 Å². The van der Waals surface area contributed by atoms with Crippen molar-refractivity contribution in [3.63, 3.8) is 0 Å². The van der Waals surface area contributed by atoms with Crippen LogP contribution in [0.2, 0.25) is 0 Å². The molecule has 0 unspecified atom stereocenters. The van der Waals surface area contributed by atoms with Crippen LogP contribution in [-0.4, -0.2) is 15.8 Å². The number of hydrogen-bond acceptors (Lipinski definition) is 3. The maximum absolute atomic E-state index is 12.0. The molecule has 1 heterocycles. The van der Waals surface area contributed by atoms with Gasteiger partial charge < -0.3 is 0 Å². The zero-order valence-corrected chi connectivity index (χ0v) is 9.38. The molecule has 0 aliphatic heterocycles. The molecular weight excluding hydrogens is 176 g/mol. The van der Waals surface area contributed by atoms with E-state index in [4.69, 9.17) is 0 Å². The molecule has 1 aromatic rings. The van der Waals surface area contributed by atoms with Crippen molar-refractivity contribution in [1.29, 1.82) is 0 Å². The Balaban J connectivity index is 3.26. The fourth-order valence-corrected chi connectivity index (χ4v) is 1.30. The minimum atomic E-state index is -0.375. The van der Waals surface area contributed by atoms with Crippen LogP contribution in [0.25, 0.3) is 0 Å². The third-order valence-electron chi connectivity index (χ3n) is 2.13. The quantitative estimate of drug-likeness (QED) is 0.641. The van der Waals surface area contributed by atoms with Gasteiger partial charge in [0.2, 0.25) is 0 Å². The largest absolute Gasteiger partial charge is 0.293 e. The Morgan fingerprint density at radius 3 is 1.93 bits per heavy atom. The van der Waals surface area contributed by atoms with Crippen molar-refractivity contribution in [2.24, 2.45) is 5.41 Å². The summed E-state index contributed by atoms with van der Waals surface area (Å²) >= 11 is 0. The average Bonchev–Trinajstić information content (AvgIpc) is 2.01. The first-order valence-corrected chi connectivity index (χ1v) is 4.67. The first kappa shape index (κ1) is 10.8. The summed E-state index contributed by atoms with van der Waals surface area (Å²) < 4.78 is 0. The van der Waals surface area contributed by atoms with Crippen molar-refractivity contribution >= 4 is 5.78 Å². The second-order valence-electron chi connectivity index (χ2n) is 4.50. The molecule has 1 rings (SSSR count). The van der Waals surface area contributed by atoms with E-state index < -0.39 is 0 Å². The van der Waals surface area contributed by atoms with Crippen LogP contribution in [-0.2, 0) is 0 Å². The van der Waals surface area contributed by atoms with Crippen LogP contribution < -0.4 is 0 Å². The van der Waals surface area contributed by atoms with Gasteiger partial charge in [-0.3, -0.25) is 4.79 Å². The number of carbonyl (C=O) groups excluding carboxylic acids is 1. The molecule has 0 saturated heterocycles. The van der Waals surface area contributed by atoms with E-state index in [1.807, 2.05) is 34.6 Å². The summed E-state index contributed by atoms with van der Waals surface area (Å²) in [5.74, 6) is 0.105. The molecule has 14 heavy (non-hydrogen) atoms. The molecule has 0 aromatic carbocycles. The van der Waals surface area contributed by atoms with E-state index in [-0.39, 0.29) is 11.2 Å². The summed E-state index contributed by atoms with van der Waals surface area (Å²) in [6, 6.07) is 0. The lowest BCUT2D eigenvalue weighted by atomic mass is 9.85. The van der Waals surface area contributed by atoms with Gasteiger partial charge in [-0.05, 0) is 13.8 Å². The van der Waals surface area contributed by atoms with Gasteiger partial charge in [0.05, 0.1) is 17.0 Å². The Labute approximate surface area is 84.6 Å². The van der Waals surface area contributed by atoms with Gasteiger partial charge in [0.1, 0.15) is 6.33 Å². The van der Waals surface area contributed by atoms with E-state index in [9.17, 15) is 4.79 Å². The molecule has 76 valence electrons. The van der Waals surface area contributed by atoms with Crippen molar-refractivity contribution in [2.45, 2.75) is 34.6 Å². The summed E-state index contributed by atoms with van der Waals surface area (Å²) in [5, 5.41) is 0. The van der Waals surface area contributed by atoms with Gasteiger partial charge in [-0.25, -0.2) is 9.97 Å². The summed E-state index contributed by atoms with van der Waals surface area (Å²) in [6.07, 6.45) is 1.49. The van der Waals surface area contributed by atoms with Crippen LogP contribution in [0.3, 0.4) is 0 Å². The molecule has 0 bridgehead atoms. The molecule has 0 N–H and O–H groups in total. The van der Waals surface area contributed by atoms with E-state index in [0.29, 0.717) is 5.56 Å². The van der Waals surface area contributed by atoms with Gasteiger partial charge in [-0.15, -0.1) is 0 Å². The molecule has 0 amide bonds. The first-order chi connectivity index (χ1) is 6.34. The number of ketones is 1. The lowest BCUT2D eigenvalue weighted by molar-refractivity contribution is 0.0856. The van der Waals surface area contributed by atoms with Gasteiger partial charge in [-0.2, -0.15) is 0 Å². The van der Waals surface area contributed by atoms with E-state index in [0.717, 1.165) is 11.4 Å². The first-order valence-electron chi connectivity index (χ1n) is 4.67. The summed E-state index contributed by atoms with van der Waals surface area (Å²) in [7, 11) is 0. The van der Waals surface area contributed by atoms with Crippen molar-refractivity contribution in [1.82, 2.24) is 9.97 Å². The number of aromatic nitrogens is 2. The highest BCUT2D eigenvalue weighted by molar-refractivity contribution is 6.01. The van der Waals surface area contributed by atoms with Crippen LogP contribution in [0.15, 0.2) is 6.33 Å². The lowest BCUT2D eigenvalue weighted by Crippen LogP contribution is -2.23. The Morgan fingerprint density at radius 2 is 1.57 bits per heavy atom. The Hall–Kier alpha value is -1.25. The highest BCUT2D eigenvalue weighted by Gasteiger charge is 2.26. The third-order valence-corrected chi connectivity index (χ3v) is 2.13. The van der Waals surface area contributed by atoms with Gasteiger partial charge in [0, 0.05) is 5.41 Å². The van der Waals surface area contributed by atoms with Crippen LogP contribution in [0.5, 0.6) is 0 Å². The maximum Gasteiger partial charge on any atom is 0.171 e. The number of hydrogen-bond donors (Lipinski definition) is 0. The van der Waals surface area contributed by atoms with Crippen molar-refractivity contribution in [2.75, 3.05) is 0 Å². The fourth-order valence-electron chi connectivity index (χ4n) is 1.30. The molecule has 3 heteroatoms. The molecule has 0 aliphatic rings. The number of Topliss-reactive ketones (excluding diaryl/α,β-unsaturated/α-hetero) is 1. The number of rotatable bonds is 1. The molecule has 1 aromatic heterocycles. The smallest absolute Gasteiger partial charge is 0.171 e. The zero-order valence-electron chi connectivity index (χ0n) is 9.38. The van der Waals surface area contributed by atoms with Crippen LogP contribution in [0, 0.1) is 19.3 Å². The molecule has 0 saturated carbocycles. The SMILES string of the molecule is Cc1ncnc(C)c1C(=O)C(C)(C)C. The van der Waals surface area contributed by atoms with E-state index in [1.54, 1.807) is 0 Å². The molecule has 0 radical (unpaired) electrons. The maximum atomic E-state index is 12.0. The van der Waals surface area contributed by atoms with Crippen LogP contribution >= 0.6 is 0 Å². The molecule has 0 atom stereocenters. The summed E-state index contributed by atoms with van der Waals surface area (Å²) in [5.41, 5.74) is 1.81. The van der Waals surface area contributed by atoms with Crippen LogP contribution in [0.1, 0.15) is 42.5 Å². The number of nitrogens with zero attached hydrogens (tertiary/aromatic N) is 2. The van der Waals surface area contributed by atoms with Gasteiger partial charge in [0.15, 0.2) is 5.78 Å². The predicted molar refractivity (Wildman–Crippen MR) is 55.3 cm³/mol. The molecule has 0 spiro atoms. The molecule has 0 fully saturated rings. The normalized spacial score (nSPS) is 11.5. The number of carbonyl (C=O) groups is 1. The Kier molecular flexibility index (Phi) is 2.69. The third kappa shape index (κ3) is 1.97. The monoisotopic (exact) mass is 192 g/mol. The highest BCUT2D eigenvalue weighted by atomic mass is 16.1. The average molecular weight is 192 g/mol. The van der Waals surface area contributed by atoms with Crippen molar-refractivity contribution in [3.8, 4) is 0 Å². The Bertz CT molecular complexity index is 344. The molecule has 0 aliphatic carbocycles. The second kappa shape index (κ2) is 3.48. The Morgan fingerprint density at radius 1 is 1.14 bits per heavy atom. The van der Waals surface area contributed by atoms with Crippen molar-refractivity contribution < 1.29 is 4.79 Å². The standard InChI is InChI=1S/C11H16N2O/c1-7-9(8(2)13-6-12-7)10(14)11(3,4)5/h6H,1-5H3. The van der Waals surface area contributed by atoms with Crippen molar-refractivity contribution in [3.05, 3.63) is 23.3 Å². The van der Waals surface area contributed by atoms with Crippen LogP contribution in [0.4, 0.5) is 0 Å². The van der Waals surface area contributed by atoms with Gasteiger partial charge in [-0.1, -0.05) is 20.8 Å². The number of aryl methyl sites for hydroxylation is 2. The minimum absolute atomic E-state index is 0.105. The highest BCUT2D eigenvalue weighted by Crippen LogP contribution is 2.23. The molecule has 3 nitrogen and oxygen atoms in total. The minimum Gasteiger partial charge on any atom is -0.293 e. The zero-order chi connectivity index (χ0) is 10.9. The second-order valence-corrected chi connectivity index (χ2v) is 4.50. The van der Waals surface area contributed by atoms with E-state index in [1.165, 1.54) is 6.33 Å². The summed E-state index contributed by atoms with van der Waals surface area (Å²) in [4.78, 5) is 20.1. The van der Waals surface area contributed by atoms with E-state index >= 15 is 0 Å². The topological polar surface area (TPSA) is 42.9 Å². The summed E-state index contributed by atoms with van der Waals surface area (Å²) in [6.45, 7) is 9.39. The molecular formula is C11H16N2O. The fraction of sp³-hybridized carbons (Fsp3) is 0.545. The predicted octanol–water partition coefficient (Wildman–Crippen LogP) is 2.32.